The zero-order chi connectivity index (χ0) is 14.8. The molecule has 0 saturated carbocycles. The van der Waals surface area contributed by atoms with Crippen LogP contribution in [0.1, 0.15) is 59.5 Å². The van der Waals surface area contributed by atoms with Gasteiger partial charge in [-0.3, -0.25) is 9.59 Å². The quantitative estimate of drug-likeness (QED) is 0.841. The van der Waals surface area contributed by atoms with E-state index in [9.17, 15) is 9.59 Å². The van der Waals surface area contributed by atoms with Crippen LogP contribution in [0.5, 0.6) is 0 Å². The van der Waals surface area contributed by atoms with Gasteiger partial charge in [0.1, 0.15) is 6.33 Å². The Kier molecular flexibility index (Phi) is 4.44. The van der Waals surface area contributed by atoms with Gasteiger partial charge in [-0.2, -0.15) is 0 Å². The maximum Gasteiger partial charge on any atom is 0.288 e. The summed E-state index contributed by atoms with van der Waals surface area (Å²) >= 11 is 0. The molecule has 0 unspecified atom stereocenters. The first-order valence-electron chi connectivity index (χ1n) is 6.39. The Labute approximate surface area is 113 Å². The summed E-state index contributed by atoms with van der Waals surface area (Å²) < 4.78 is 1.87. The lowest BCUT2D eigenvalue weighted by Crippen LogP contribution is -2.40. The molecule has 1 atom stereocenters. The Bertz CT molecular complexity index is 471. The van der Waals surface area contributed by atoms with Crippen molar-refractivity contribution in [1.82, 2.24) is 20.1 Å². The summed E-state index contributed by atoms with van der Waals surface area (Å²) in [5, 5.41) is 10.5. The number of carbonyl (C=O) groups excluding carboxylic acids is 2. The Morgan fingerprint density at radius 2 is 1.84 bits per heavy atom. The molecule has 1 aromatic rings. The Hall–Kier alpha value is -1.72. The van der Waals surface area contributed by atoms with E-state index in [-0.39, 0.29) is 12.1 Å². The van der Waals surface area contributed by atoms with Gasteiger partial charge >= 0.3 is 0 Å². The highest BCUT2D eigenvalue weighted by molar-refractivity contribution is 6.37. The van der Waals surface area contributed by atoms with Crippen molar-refractivity contribution >= 4 is 11.7 Å². The number of rotatable bonds is 4. The van der Waals surface area contributed by atoms with Gasteiger partial charge < -0.3 is 9.88 Å². The second-order valence-electron chi connectivity index (χ2n) is 5.96. The molecule has 1 amide bonds. The van der Waals surface area contributed by atoms with E-state index < -0.39 is 17.1 Å². The number of aromatic nitrogens is 3. The van der Waals surface area contributed by atoms with Crippen LogP contribution in [0.15, 0.2) is 6.33 Å². The van der Waals surface area contributed by atoms with Gasteiger partial charge in [-0.15, -0.1) is 10.2 Å². The van der Waals surface area contributed by atoms with Crippen molar-refractivity contribution in [2.75, 3.05) is 0 Å². The lowest BCUT2D eigenvalue weighted by molar-refractivity contribution is -0.142. The van der Waals surface area contributed by atoms with Gasteiger partial charge in [0, 0.05) is 11.5 Å². The molecule has 0 aliphatic heterocycles. The van der Waals surface area contributed by atoms with Crippen molar-refractivity contribution in [3.63, 3.8) is 0 Å². The van der Waals surface area contributed by atoms with Gasteiger partial charge in [-0.1, -0.05) is 20.8 Å². The van der Waals surface area contributed by atoms with E-state index in [2.05, 4.69) is 15.5 Å². The lowest BCUT2D eigenvalue weighted by atomic mass is 9.90. The van der Waals surface area contributed by atoms with Crippen LogP contribution in [0, 0.1) is 5.41 Å². The first-order chi connectivity index (χ1) is 8.64. The zero-order valence-corrected chi connectivity index (χ0v) is 12.4. The molecule has 0 saturated heterocycles. The van der Waals surface area contributed by atoms with Gasteiger partial charge in [0.2, 0.25) is 5.78 Å². The van der Waals surface area contributed by atoms with Crippen LogP contribution in [-0.2, 0) is 9.59 Å². The highest BCUT2D eigenvalue weighted by atomic mass is 16.2. The molecule has 0 bridgehead atoms. The molecule has 6 nitrogen and oxygen atoms in total. The first kappa shape index (κ1) is 15.3. The van der Waals surface area contributed by atoms with E-state index >= 15 is 0 Å². The molecule has 1 N–H and O–H groups in total. The molecule has 0 aliphatic carbocycles. The van der Waals surface area contributed by atoms with E-state index in [0.717, 1.165) is 0 Å². The van der Waals surface area contributed by atoms with Crippen molar-refractivity contribution in [3.05, 3.63) is 12.2 Å². The predicted octanol–water partition coefficient (Wildman–Crippen LogP) is 1.65. The van der Waals surface area contributed by atoms with Gasteiger partial charge in [0.25, 0.3) is 5.91 Å². The second kappa shape index (κ2) is 5.50. The predicted molar refractivity (Wildman–Crippen MR) is 71.4 cm³/mol. The monoisotopic (exact) mass is 266 g/mol. The number of amides is 1. The normalized spacial score (nSPS) is 13.4. The molecule has 0 aromatic carbocycles. The van der Waals surface area contributed by atoms with E-state index in [1.54, 1.807) is 34.0 Å². The lowest BCUT2D eigenvalue weighted by Gasteiger charge is -2.19. The molecule has 1 rings (SSSR count). The molecule has 1 aromatic heterocycles. The molecule has 0 spiro atoms. The fourth-order valence-electron chi connectivity index (χ4n) is 1.63. The Morgan fingerprint density at radius 3 is 2.32 bits per heavy atom. The minimum atomic E-state index is -0.685. The standard InChI is InChI=1S/C13H22N4O2/c1-8(2)17-7-14-16-11(17)9(3)15-12(19)10(18)13(4,5)6/h7-9H,1-6H3,(H,15,19)/t9-/m1/s1. The number of ketones is 1. The van der Waals surface area contributed by atoms with Crippen molar-refractivity contribution in [1.29, 1.82) is 0 Å². The number of hydrogen-bond donors (Lipinski definition) is 1. The third-order valence-electron chi connectivity index (χ3n) is 2.78. The topological polar surface area (TPSA) is 76.9 Å². The first-order valence-corrected chi connectivity index (χ1v) is 6.39. The molecular formula is C13H22N4O2. The summed E-state index contributed by atoms with van der Waals surface area (Å²) in [4.78, 5) is 23.7. The van der Waals surface area contributed by atoms with Crippen molar-refractivity contribution in [2.24, 2.45) is 5.41 Å². The van der Waals surface area contributed by atoms with E-state index in [0.29, 0.717) is 5.82 Å². The highest BCUT2D eigenvalue weighted by Gasteiger charge is 2.29. The summed E-state index contributed by atoms with van der Waals surface area (Å²) in [6, 6.07) is -0.161. The molecular weight excluding hydrogens is 244 g/mol. The van der Waals surface area contributed by atoms with Crippen LogP contribution in [0.4, 0.5) is 0 Å². The summed E-state index contributed by atoms with van der Waals surface area (Å²) in [5.74, 6) is -0.377. The summed E-state index contributed by atoms with van der Waals surface area (Å²) in [7, 11) is 0. The zero-order valence-electron chi connectivity index (χ0n) is 12.4. The van der Waals surface area contributed by atoms with E-state index in [4.69, 9.17) is 0 Å². The molecule has 0 radical (unpaired) electrons. The third kappa shape index (κ3) is 3.62. The van der Waals surface area contributed by atoms with Crippen molar-refractivity contribution in [2.45, 2.75) is 53.6 Å². The molecule has 1 heterocycles. The average molecular weight is 266 g/mol. The Morgan fingerprint density at radius 1 is 1.26 bits per heavy atom. The van der Waals surface area contributed by atoms with E-state index in [1.807, 2.05) is 18.4 Å². The minimum Gasteiger partial charge on any atom is -0.340 e. The number of Topliss-reactive ketones (excluding diaryl/α,β-unsaturated/α-hetero) is 1. The summed E-state index contributed by atoms with van der Waals surface area (Å²) in [6.07, 6.45) is 1.62. The van der Waals surface area contributed by atoms with Crippen molar-refractivity contribution < 1.29 is 9.59 Å². The fraction of sp³-hybridized carbons (Fsp3) is 0.692. The number of nitrogens with zero attached hydrogens (tertiary/aromatic N) is 3. The smallest absolute Gasteiger partial charge is 0.288 e. The van der Waals surface area contributed by atoms with Crippen LogP contribution in [0.2, 0.25) is 0 Å². The van der Waals surface area contributed by atoms with Crippen LogP contribution in [0.3, 0.4) is 0 Å². The van der Waals surface area contributed by atoms with Crippen LogP contribution < -0.4 is 5.32 Å². The Balaban J connectivity index is 2.80. The fourth-order valence-corrected chi connectivity index (χ4v) is 1.63. The van der Waals surface area contributed by atoms with Gasteiger partial charge in [-0.05, 0) is 20.8 Å². The summed E-state index contributed by atoms with van der Waals surface area (Å²) in [5.41, 5.74) is -0.685. The maximum absolute atomic E-state index is 11.9. The highest BCUT2D eigenvalue weighted by Crippen LogP contribution is 2.17. The molecule has 0 aliphatic rings. The van der Waals surface area contributed by atoms with Gasteiger partial charge in [-0.25, -0.2) is 0 Å². The van der Waals surface area contributed by atoms with Crippen LogP contribution in [0.25, 0.3) is 0 Å². The summed E-state index contributed by atoms with van der Waals surface area (Å²) in [6.45, 7) is 10.9. The molecule has 106 valence electrons. The van der Waals surface area contributed by atoms with E-state index in [1.165, 1.54) is 0 Å². The van der Waals surface area contributed by atoms with Gasteiger partial charge in [0.05, 0.1) is 6.04 Å². The second-order valence-corrected chi connectivity index (χ2v) is 5.96. The van der Waals surface area contributed by atoms with Crippen LogP contribution in [-0.4, -0.2) is 26.5 Å². The SMILES string of the molecule is CC(C)n1cnnc1[C@@H](C)NC(=O)C(=O)C(C)(C)C. The molecule has 6 heteroatoms. The average Bonchev–Trinajstić information content (AvgIpc) is 2.75. The number of hydrogen-bond acceptors (Lipinski definition) is 4. The van der Waals surface area contributed by atoms with Gasteiger partial charge in [0.15, 0.2) is 5.82 Å². The number of nitrogens with one attached hydrogen (secondary N) is 1. The molecule has 0 fully saturated rings. The number of carbonyl (C=O) groups is 2. The molecule has 19 heavy (non-hydrogen) atoms. The van der Waals surface area contributed by atoms with Crippen molar-refractivity contribution in [3.8, 4) is 0 Å². The minimum absolute atomic E-state index is 0.197. The third-order valence-corrected chi connectivity index (χ3v) is 2.78. The maximum atomic E-state index is 11.9. The largest absolute Gasteiger partial charge is 0.340 e. The van der Waals surface area contributed by atoms with Crippen LogP contribution >= 0.6 is 0 Å².